The zero-order valence-corrected chi connectivity index (χ0v) is 14.7. The summed E-state index contributed by atoms with van der Waals surface area (Å²) in [6.07, 6.45) is 0.979. The first-order valence-corrected chi connectivity index (χ1v) is 9.69. The largest absolute Gasteiger partial charge is 0.480 e. The highest BCUT2D eigenvalue weighted by Crippen LogP contribution is 2.29. The average molecular weight is 381 g/mol. The fourth-order valence-electron chi connectivity index (χ4n) is 3.47. The molecule has 2 aliphatic rings. The molecule has 1 aromatic rings. The van der Waals surface area contributed by atoms with Gasteiger partial charge in [0.2, 0.25) is 21.8 Å². The predicted octanol–water partition coefficient (Wildman–Crippen LogP) is -0.237. The summed E-state index contributed by atoms with van der Waals surface area (Å²) in [6.45, 7) is 0.440. The van der Waals surface area contributed by atoms with Crippen LogP contribution in [0.4, 0.5) is 5.69 Å². The summed E-state index contributed by atoms with van der Waals surface area (Å²) < 4.78 is 23.0. The number of nitrogens with zero attached hydrogens (tertiary/aromatic N) is 2. The van der Waals surface area contributed by atoms with Crippen LogP contribution in [0.1, 0.15) is 19.3 Å². The van der Waals surface area contributed by atoms with Gasteiger partial charge >= 0.3 is 5.97 Å². The molecule has 9 nitrogen and oxygen atoms in total. The highest BCUT2D eigenvalue weighted by atomic mass is 32.2. The molecule has 1 unspecified atom stereocenters. The van der Waals surface area contributed by atoms with E-state index in [1.165, 1.54) is 28.0 Å². The number of hydrogen-bond donors (Lipinski definition) is 2. The minimum atomic E-state index is -3.91. The lowest BCUT2D eigenvalue weighted by Gasteiger charge is -2.24. The molecule has 0 spiro atoms. The Kier molecular flexibility index (Phi) is 4.72. The number of carbonyl (C=O) groups is 3. The van der Waals surface area contributed by atoms with Crippen molar-refractivity contribution in [2.45, 2.75) is 30.2 Å². The van der Waals surface area contributed by atoms with Crippen LogP contribution in [0.3, 0.4) is 0 Å². The summed E-state index contributed by atoms with van der Waals surface area (Å²) in [5.74, 6) is -2.37. The molecule has 0 aromatic heterocycles. The Morgan fingerprint density at radius 2 is 2.00 bits per heavy atom. The van der Waals surface area contributed by atoms with E-state index in [9.17, 15) is 27.9 Å². The van der Waals surface area contributed by atoms with E-state index in [0.717, 1.165) is 0 Å². The molecule has 2 atom stereocenters. The normalized spacial score (nSPS) is 23.5. The maximum absolute atomic E-state index is 12.7. The lowest BCUT2D eigenvalue weighted by Crippen LogP contribution is -2.44. The summed E-state index contributed by atoms with van der Waals surface area (Å²) in [7, 11) is -3.91. The molecule has 2 amide bonds. The maximum Gasteiger partial charge on any atom is 0.326 e. The van der Waals surface area contributed by atoms with E-state index in [2.05, 4.69) is 0 Å². The van der Waals surface area contributed by atoms with E-state index >= 15 is 0 Å². The maximum atomic E-state index is 12.7. The molecule has 1 aromatic carbocycles. The van der Waals surface area contributed by atoms with Crippen LogP contribution in [-0.4, -0.2) is 55.3 Å². The summed E-state index contributed by atoms with van der Waals surface area (Å²) >= 11 is 0. The van der Waals surface area contributed by atoms with Crippen molar-refractivity contribution in [2.24, 2.45) is 11.1 Å². The van der Waals surface area contributed by atoms with E-state index in [1.807, 2.05) is 0 Å². The van der Waals surface area contributed by atoms with Gasteiger partial charge in [0.1, 0.15) is 6.04 Å². The molecule has 140 valence electrons. The molecule has 3 rings (SSSR count). The van der Waals surface area contributed by atoms with E-state index in [4.69, 9.17) is 5.14 Å². The number of sulfonamides is 1. The molecule has 0 saturated carbocycles. The first-order chi connectivity index (χ1) is 12.2. The van der Waals surface area contributed by atoms with Gasteiger partial charge in [-0.15, -0.1) is 0 Å². The SMILES string of the molecule is NS(=O)(=O)c1cccc(N2CC(C(=O)N3CCC[C@H]3C(=O)O)CC2=O)c1. The van der Waals surface area contributed by atoms with Crippen LogP contribution in [0.15, 0.2) is 29.2 Å². The van der Waals surface area contributed by atoms with Gasteiger partial charge in [-0.3, -0.25) is 9.59 Å². The number of carboxylic acids is 1. The standard InChI is InChI=1S/C16H19N3O6S/c17-26(24,25)12-4-1-3-11(8-12)19-9-10(7-14(19)20)15(21)18-6-2-5-13(18)16(22)23/h1,3-4,8,10,13H,2,5-7,9H2,(H,22,23)(H2,17,24,25)/t10?,13-/m0/s1. The van der Waals surface area contributed by atoms with Gasteiger partial charge in [-0.05, 0) is 31.0 Å². The van der Waals surface area contributed by atoms with Gasteiger partial charge in [0, 0.05) is 25.2 Å². The van der Waals surface area contributed by atoms with E-state index in [-0.39, 0.29) is 29.7 Å². The minimum absolute atomic E-state index is 0.0404. The van der Waals surface area contributed by atoms with Crippen molar-refractivity contribution in [1.82, 2.24) is 4.90 Å². The summed E-state index contributed by atoms with van der Waals surface area (Å²) in [6, 6.07) is 4.80. The third-order valence-corrected chi connectivity index (χ3v) is 5.66. The third kappa shape index (κ3) is 3.42. The smallest absolute Gasteiger partial charge is 0.326 e. The Labute approximate surface area is 150 Å². The number of primary sulfonamides is 1. The summed E-state index contributed by atoms with van der Waals surface area (Å²) in [5, 5.41) is 14.3. The quantitative estimate of drug-likeness (QED) is 0.738. The predicted molar refractivity (Wildman–Crippen MR) is 90.6 cm³/mol. The number of carboxylic acid groups (broad SMARTS) is 1. The Bertz CT molecular complexity index is 868. The van der Waals surface area contributed by atoms with Crippen molar-refractivity contribution < 1.29 is 27.9 Å². The van der Waals surface area contributed by atoms with Gasteiger partial charge in [-0.1, -0.05) is 6.07 Å². The van der Waals surface area contributed by atoms with E-state index in [1.54, 1.807) is 6.07 Å². The van der Waals surface area contributed by atoms with Crippen molar-refractivity contribution in [1.29, 1.82) is 0 Å². The molecule has 3 N–H and O–H groups in total. The number of likely N-dealkylation sites (tertiary alicyclic amines) is 1. The molecule has 0 bridgehead atoms. The minimum Gasteiger partial charge on any atom is -0.480 e. The molecule has 26 heavy (non-hydrogen) atoms. The second-order valence-corrected chi connectivity index (χ2v) is 8.04. The number of rotatable bonds is 4. The Morgan fingerprint density at radius 1 is 1.27 bits per heavy atom. The first kappa shape index (κ1) is 18.3. The molecule has 10 heteroatoms. The van der Waals surface area contributed by atoms with Gasteiger partial charge in [-0.25, -0.2) is 18.4 Å². The molecule has 0 radical (unpaired) electrons. The lowest BCUT2D eigenvalue weighted by atomic mass is 10.1. The lowest BCUT2D eigenvalue weighted by molar-refractivity contribution is -0.149. The van der Waals surface area contributed by atoms with Crippen molar-refractivity contribution in [3.05, 3.63) is 24.3 Å². The average Bonchev–Trinajstić information content (AvgIpc) is 3.20. The molecule has 0 aliphatic carbocycles. The van der Waals surface area contributed by atoms with Crippen molar-refractivity contribution in [2.75, 3.05) is 18.0 Å². The number of carbonyl (C=O) groups excluding carboxylic acids is 2. The van der Waals surface area contributed by atoms with Crippen LogP contribution >= 0.6 is 0 Å². The van der Waals surface area contributed by atoms with Crippen molar-refractivity contribution >= 4 is 33.5 Å². The highest BCUT2D eigenvalue weighted by molar-refractivity contribution is 7.89. The van der Waals surface area contributed by atoms with E-state index < -0.39 is 28.0 Å². The molecule has 2 saturated heterocycles. The topological polar surface area (TPSA) is 138 Å². The molecule has 2 aliphatic heterocycles. The van der Waals surface area contributed by atoms with Crippen molar-refractivity contribution in [3.8, 4) is 0 Å². The summed E-state index contributed by atoms with van der Waals surface area (Å²) in [4.78, 5) is 38.8. The molecule has 2 heterocycles. The fraction of sp³-hybridized carbons (Fsp3) is 0.438. The van der Waals surface area contributed by atoms with Gasteiger partial charge in [0.15, 0.2) is 0 Å². The third-order valence-electron chi connectivity index (χ3n) is 4.75. The van der Waals surface area contributed by atoms with Gasteiger partial charge in [0.25, 0.3) is 0 Å². The molecular weight excluding hydrogens is 362 g/mol. The highest BCUT2D eigenvalue weighted by Gasteiger charge is 2.42. The summed E-state index contributed by atoms with van der Waals surface area (Å²) in [5.41, 5.74) is 0.341. The number of benzene rings is 1. The monoisotopic (exact) mass is 381 g/mol. The van der Waals surface area contributed by atoms with Crippen LogP contribution in [0.2, 0.25) is 0 Å². The van der Waals surface area contributed by atoms with Crippen molar-refractivity contribution in [3.63, 3.8) is 0 Å². The Balaban J connectivity index is 1.79. The Hall–Kier alpha value is -2.46. The van der Waals surface area contributed by atoms with Gasteiger partial charge < -0.3 is 14.9 Å². The number of amides is 2. The van der Waals surface area contributed by atoms with Crippen LogP contribution in [0.25, 0.3) is 0 Å². The molecule has 2 fully saturated rings. The van der Waals surface area contributed by atoms with Crippen LogP contribution < -0.4 is 10.0 Å². The number of anilines is 1. The zero-order chi connectivity index (χ0) is 19.1. The van der Waals surface area contributed by atoms with Gasteiger partial charge in [0.05, 0.1) is 10.8 Å². The zero-order valence-electron chi connectivity index (χ0n) is 13.9. The second-order valence-electron chi connectivity index (χ2n) is 6.48. The van der Waals surface area contributed by atoms with Crippen LogP contribution in [0.5, 0.6) is 0 Å². The second kappa shape index (κ2) is 6.69. The first-order valence-electron chi connectivity index (χ1n) is 8.15. The number of hydrogen-bond acceptors (Lipinski definition) is 5. The number of nitrogens with two attached hydrogens (primary N) is 1. The number of aliphatic carboxylic acids is 1. The van der Waals surface area contributed by atoms with E-state index in [0.29, 0.717) is 25.1 Å². The molecular formula is C16H19N3O6S. The van der Waals surface area contributed by atoms with Crippen LogP contribution in [0, 0.1) is 5.92 Å². The fourth-order valence-corrected chi connectivity index (χ4v) is 4.03. The van der Waals surface area contributed by atoms with Gasteiger partial charge in [-0.2, -0.15) is 0 Å². The Morgan fingerprint density at radius 3 is 2.65 bits per heavy atom. The van der Waals surface area contributed by atoms with Crippen LogP contribution in [-0.2, 0) is 24.4 Å².